The van der Waals surface area contributed by atoms with E-state index in [1.807, 2.05) is 38.1 Å². The number of para-hydroxylation sites is 1. The van der Waals surface area contributed by atoms with Crippen molar-refractivity contribution in [2.24, 2.45) is 0 Å². The second kappa shape index (κ2) is 10.3. The van der Waals surface area contributed by atoms with Crippen molar-refractivity contribution in [1.29, 1.82) is 0 Å². The molecule has 0 saturated carbocycles. The zero-order valence-corrected chi connectivity index (χ0v) is 17.3. The van der Waals surface area contributed by atoms with Crippen molar-refractivity contribution in [3.8, 4) is 5.75 Å². The molecule has 3 rings (SSSR count). The number of carbonyl (C=O) groups is 1. The number of benzene rings is 2. The molecule has 5 nitrogen and oxygen atoms in total. The van der Waals surface area contributed by atoms with Crippen molar-refractivity contribution in [1.82, 2.24) is 0 Å². The fourth-order valence-electron chi connectivity index (χ4n) is 4.09. The highest BCUT2D eigenvalue weighted by Gasteiger charge is 2.28. The van der Waals surface area contributed by atoms with Gasteiger partial charge < -0.3 is 19.5 Å². The smallest absolute Gasteiger partial charge is 0.333 e. The third kappa shape index (κ3) is 5.30. The van der Waals surface area contributed by atoms with E-state index < -0.39 is 12.1 Å². The van der Waals surface area contributed by atoms with Crippen molar-refractivity contribution in [3.05, 3.63) is 59.7 Å². The van der Waals surface area contributed by atoms with Crippen LogP contribution in [0.15, 0.2) is 48.5 Å². The van der Waals surface area contributed by atoms with E-state index in [-0.39, 0.29) is 5.92 Å². The predicted molar refractivity (Wildman–Crippen MR) is 115 cm³/mol. The van der Waals surface area contributed by atoms with E-state index in [1.165, 1.54) is 17.7 Å². The van der Waals surface area contributed by atoms with E-state index in [1.54, 1.807) is 0 Å². The van der Waals surface area contributed by atoms with E-state index >= 15 is 0 Å². The zero-order valence-electron chi connectivity index (χ0n) is 17.3. The summed E-state index contributed by atoms with van der Waals surface area (Å²) in [5, 5.41) is 9.48. The normalized spacial score (nSPS) is 15.4. The molecule has 1 aliphatic heterocycles. The van der Waals surface area contributed by atoms with Gasteiger partial charge in [0.2, 0.25) is 0 Å². The molecule has 0 radical (unpaired) electrons. The van der Waals surface area contributed by atoms with Crippen LogP contribution in [0.5, 0.6) is 5.75 Å². The average molecular weight is 398 g/mol. The first-order chi connectivity index (χ1) is 14.1. The van der Waals surface area contributed by atoms with Gasteiger partial charge in [-0.2, -0.15) is 0 Å². The van der Waals surface area contributed by atoms with Crippen LogP contribution < -0.4 is 9.64 Å². The summed E-state index contributed by atoms with van der Waals surface area (Å²) in [6.45, 7) is 6.71. The Bertz CT molecular complexity index is 790. The van der Waals surface area contributed by atoms with Crippen LogP contribution in [0, 0.1) is 0 Å². The summed E-state index contributed by atoms with van der Waals surface area (Å²) in [6.07, 6.45) is 2.20. The first-order valence-corrected chi connectivity index (χ1v) is 10.5. The topological polar surface area (TPSA) is 59.0 Å². The van der Waals surface area contributed by atoms with Crippen molar-refractivity contribution in [2.75, 3.05) is 31.2 Å². The van der Waals surface area contributed by atoms with Crippen LogP contribution in [0.2, 0.25) is 0 Å². The Morgan fingerprint density at radius 2 is 1.90 bits per heavy atom. The van der Waals surface area contributed by atoms with Crippen molar-refractivity contribution in [2.45, 2.75) is 45.1 Å². The van der Waals surface area contributed by atoms with Crippen molar-refractivity contribution in [3.63, 3.8) is 0 Å². The van der Waals surface area contributed by atoms with Crippen molar-refractivity contribution >= 4 is 11.7 Å². The maximum Gasteiger partial charge on any atom is 0.333 e. The number of aryl methyl sites for hydroxylation is 1. The molecule has 156 valence electrons. The number of rotatable bonds is 10. The number of hydrogen-bond acceptors (Lipinski definition) is 4. The number of carboxylic acid groups (broad SMARTS) is 1. The highest BCUT2D eigenvalue weighted by atomic mass is 16.5. The lowest BCUT2D eigenvalue weighted by molar-refractivity contribution is -0.151. The molecule has 1 heterocycles. The second-order valence-corrected chi connectivity index (χ2v) is 7.37. The summed E-state index contributed by atoms with van der Waals surface area (Å²) < 4.78 is 11.4. The third-order valence-corrected chi connectivity index (χ3v) is 5.54. The van der Waals surface area contributed by atoms with Gasteiger partial charge >= 0.3 is 5.97 Å². The molecule has 2 aromatic carbocycles. The van der Waals surface area contributed by atoms with Crippen LogP contribution in [-0.4, -0.2) is 43.5 Å². The number of aliphatic carboxylic acids is 1. The summed E-state index contributed by atoms with van der Waals surface area (Å²) in [6, 6.07) is 16.3. The number of anilines is 1. The largest absolute Gasteiger partial charge is 0.492 e. The number of fused-ring (bicyclic) bond motifs is 1. The number of ether oxygens (including phenoxy) is 2. The molecule has 0 spiro atoms. The molecule has 2 aromatic rings. The lowest BCUT2D eigenvalue weighted by Crippen LogP contribution is -2.33. The molecule has 5 heteroatoms. The van der Waals surface area contributed by atoms with Gasteiger partial charge in [-0.05, 0) is 55.5 Å². The Morgan fingerprint density at radius 3 is 2.59 bits per heavy atom. The van der Waals surface area contributed by atoms with E-state index in [0.717, 1.165) is 30.8 Å². The van der Waals surface area contributed by atoms with Gasteiger partial charge in [0.25, 0.3) is 0 Å². The molecule has 2 unspecified atom stereocenters. The number of hydrogen-bond donors (Lipinski definition) is 1. The Morgan fingerprint density at radius 1 is 1.14 bits per heavy atom. The molecular weight excluding hydrogens is 366 g/mol. The third-order valence-electron chi connectivity index (χ3n) is 5.54. The van der Waals surface area contributed by atoms with Gasteiger partial charge in [-0.3, -0.25) is 0 Å². The summed E-state index contributed by atoms with van der Waals surface area (Å²) >= 11 is 0. The minimum Gasteiger partial charge on any atom is -0.492 e. The van der Waals surface area contributed by atoms with Crippen LogP contribution in [0.25, 0.3) is 0 Å². The predicted octanol–water partition coefficient (Wildman–Crippen LogP) is 4.50. The minimum atomic E-state index is -0.916. The summed E-state index contributed by atoms with van der Waals surface area (Å²) in [4.78, 5) is 13.9. The van der Waals surface area contributed by atoms with Gasteiger partial charge in [0.05, 0.1) is 6.54 Å². The maximum absolute atomic E-state index is 11.6. The van der Waals surface area contributed by atoms with E-state index in [2.05, 4.69) is 29.2 Å². The quantitative estimate of drug-likeness (QED) is 0.640. The standard InChI is InChI=1S/C24H31NO4/c1-3-21(23(24(26)27)28-4-2)18-11-13-20(14-12-18)29-17-16-25-15-7-9-19-8-5-6-10-22(19)25/h5-6,8,10-14,21,23H,3-4,7,9,15-17H2,1-2H3,(H,26,27). The second-order valence-electron chi connectivity index (χ2n) is 7.37. The Balaban J connectivity index is 1.57. The monoisotopic (exact) mass is 397 g/mol. The number of carboxylic acids is 1. The van der Waals surface area contributed by atoms with Gasteiger partial charge in [-0.25, -0.2) is 4.79 Å². The molecule has 1 aliphatic rings. The first-order valence-electron chi connectivity index (χ1n) is 10.5. The molecule has 0 saturated heterocycles. The highest BCUT2D eigenvalue weighted by Crippen LogP contribution is 2.28. The van der Waals surface area contributed by atoms with E-state index in [0.29, 0.717) is 19.6 Å². The summed E-state index contributed by atoms with van der Waals surface area (Å²) in [7, 11) is 0. The van der Waals surface area contributed by atoms with Gasteiger partial charge in [0, 0.05) is 24.8 Å². The lowest BCUT2D eigenvalue weighted by Gasteiger charge is -2.31. The van der Waals surface area contributed by atoms with Crippen LogP contribution in [-0.2, 0) is 16.0 Å². The minimum absolute atomic E-state index is 0.175. The molecule has 0 bridgehead atoms. The fraction of sp³-hybridized carbons (Fsp3) is 0.458. The van der Waals surface area contributed by atoms with Crippen LogP contribution in [0.4, 0.5) is 5.69 Å². The molecule has 0 aromatic heterocycles. The van der Waals surface area contributed by atoms with Gasteiger partial charge in [0.15, 0.2) is 6.10 Å². The molecule has 0 fully saturated rings. The molecule has 0 amide bonds. The van der Waals surface area contributed by atoms with E-state index in [4.69, 9.17) is 9.47 Å². The SMILES string of the molecule is CCOC(C(=O)O)C(CC)c1ccc(OCCN2CCCc3ccccc32)cc1. The summed E-state index contributed by atoms with van der Waals surface area (Å²) in [5.74, 6) is -0.288. The molecule has 0 aliphatic carbocycles. The Kier molecular flexibility index (Phi) is 7.53. The summed E-state index contributed by atoms with van der Waals surface area (Å²) in [5.41, 5.74) is 3.70. The fourth-order valence-corrected chi connectivity index (χ4v) is 4.09. The zero-order chi connectivity index (χ0) is 20.6. The Labute approximate surface area is 173 Å². The van der Waals surface area contributed by atoms with Gasteiger partial charge in [-0.15, -0.1) is 0 Å². The maximum atomic E-state index is 11.6. The molecule has 1 N–H and O–H groups in total. The van der Waals surface area contributed by atoms with Gasteiger partial charge in [0.1, 0.15) is 12.4 Å². The van der Waals surface area contributed by atoms with Crippen molar-refractivity contribution < 1.29 is 19.4 Å². The number of nitrogens with zero attached hydrogens (tertiary/aromatic N) is 1. The van der Waals surface area contributed by atoms with E-state index in [9.17, 15) is 9.90 Å². The molecule has 29 heavy (non-hydrogen) atoms. The molecule has 2 atom stereocenters. The highest BCUT2D eigenvalue weighted by molar-refractivity contribution is 5.73. The lowest BCUT2D eigenvalue weighted by atomic mass is 9.91. The first kappa shape index (κ1) is 21.2. The van der Waals surface area contributed by atoms with Crippen LogP contribution in [0.1, 0.15) is 43.7 Å². The Hall–Kier alpha value is -2.53. The van der Waals surface area contributed by atoms with Crippen LogP contribution in [0.3, 0.4) is 0 Å². The van der Waals surface area contributed by atoms with Gasteiger partial charge in [-0.1, -0.05) is 37.3 Å². The van der Waals surface area contributed by atoms with Crippen LogP contribution >= 0.6 is 0 Å². The average Bonchev–Trinajstić information content (AvgIpc) is 2.74. The molecular formula is C24H31NO4.